The van der Waals surface area contributed by atoms with E-state index in [1.165, 1.54) is 0 Å². The fourth-order valence-corrected chi connectivity index (χ4v) is 2.37. The highest BCUT2D eigenvalue weighted by molar-refractivity contribution is 6.35. The van der Waals surface area contributed by atoms with E-state index in [4.69, 9.17) is 28.9 Å². The average Bonchev–Trinajstić information content (AvgIpc) is 2.56. The number of hydrogen-bond donors (Lipinski definition) is 1. The zero-order chi connectivity index (χ0) is 10.8. The number of likely N-dealkylation sites (tertiary alicyclic amines) is 1. The molecule has 17 heavy (non-hydrogen) atoms. The summed E-state index contributed by atoms with van der Waals surface area (Å²) in [5.74, 6) is 0. The second-order valence-corrected chi connectivity index (χ2v) is 4.86. The molecule has 0 bridgehead atoms. The van der Waals surface area contributed by atoms with Gasteiger partial charge in [0.2, 0.25) is 0 Å². The monoisotopic (exact) mass is 316 g/mol. The molecule has 1 aliphatic rings. The van der Waals surface area contributed by atoms with Crippen molar-refractivity contribution in [1.82, 2.24) is 4.90 Å². The smallest absolute Gasteiger partial charge is 0.0465 e. The Hall–Kier alpha value is 0.300. The highest BCUT2D eigenvalue weighted by Crippen LogP contribution is 2.23. The minimum atomic E-state index is 0. The summed E-state index contributed by atoms with van der Waals surface area (Å²) in [6, 6.07) is 5.96. The van der Waals surface area contributed by atoms with E-state index >= 15 is 0 Å². The third-order valence-electron chi connectivity index (χ3n) is 2.72. The lowest BCUT2D eigenvalue weighted by Gasteiger charge is -2.16. The molecule has 0 amide bonds. The van der Waals surface area contributed by atoms with Gasteiger partial charge in [0, 0.05) is 35.7 Å². The van der Waals surface area contributed by atoms with Crippen LogP contribution in [0.25, 0.3) is 0 Å². The van der Waals surface area contributed by atoms with Gasteiger partial charge in [-0.3, -0.25) is 4.90 Å². The SMILES string of the molecule is Cl.Cl.NC1CCN(Cc2ccc(Cl)cc2Cl)C1. The van der Waals surface area contributed by atoms with Gasteiger partial charge in [-0.15, -0.1) is 24.8 Å². The zero-order valence-corrected chi connectivity index (χ0v) is 12.4. The molecular weight excluding hydrogens is 302 g/mol. The standard InChI is InChI=1S/C11H14Cl2N2.2ClH/c12-9-2-1-8(11(13)5-9)6-15-4-3-10(14)7-15;;/h1-2,5,10H,3-4,6-7,14H2;2*1H. The van der Waals surface area contributed by atoms with Crippen LogP contribution in [-0.2, 0) is 6.54 Å². The molecule has 1 aromatic rings. The van der Waals surface area contributed by atoms with Gasteiger partial charge in [0.1, 0.15) is 0 Å². The Morgan fingerprint density at radius 1 is 1.29 bits per heavy atom. The first-order chi connectivity index (χ1) is 7.15. The number of benzene rings is 1. The van der Waals surface area contributed by atoms with Gasteiger partial charge in [-0.25, -0.2) is 0 Å². The first-order valence-electron chi connectivity index (χ1n) is 5.07. The maximum absolute atomic E-state index is 6.10. The van der Waals surface area contributed by atoms with Crippen molar-refractivity contribution >= 4 is 48.0 Å². The van der Waals surface area contributed by atoms with Crippen LogP contribution in [0.1, 0.15) is 12.0 Å². The van der Waals surface area contributed by atoms with E-state index in [0.717, 1.165) is 36.6 Å². The molecule has 0 spiro atoms. The summed E-state index contributed by atoms with van der Waals surface area (Å²) in [5.41, 5.74) is 6.97. The fourth-order valence-electron chi connectivity index (χ4n) is 1.90. The molecule has 0 aromatic heterocycles. The Bertz CT molecular complexity index is 359. The minimum absolute atomic E-state index is 0. The molecule has 6 heteroatoms. The van der Waals surface area contributed by atoms with Gasteiger partial charge in [-0.2, -0.15) is 0 Å². The number of rotatable bonds is 2. The van der Waals surface area contributed by atoms with Crippen LogP contribution < -0.4 is 5.73 Å². The van der Waals surface area contributed by atoms with Gasteiger partial charge in [0.25, 0.3) is 0 Å². The maximum Gasteiger partial charge on any atom is 0.0465 e. The number of nitrogens with zero attached hydrogens (tertiary/aromatic N) is 1. The Balaban J connectivity index is 0.00000128. The van der Waals surface area contributed by atoms with Gasteiger partial charge in [-0.05, 0) is 24.1 Å². The number of hydrogen-bond acceptors (Lipinski definition) is 2. The summed E-state index contributed by atoms with van der Waals surface area (Å²) in [6.07, 6.45) is 1.07. The van der Waals surface area contributed by atoms with Crippen LogP contribution in [0, 0.1) is 0 Å². The van der Waals surface area contributed by atoms with Crippen LogP contribution in [0.15, 0.2) is 18.2 Å². The Labute approximate surface area is 124 Å². The molecule has 1 atom stereocenters. The quantitative estimate of drug-likeness (QED) is 0.906. The molecule has 1 saturated heterocycles. The third-order valence-corrected chi connectivity index (χ3v) is 3.30. The van der Waals surface area contributed by atoms with Crippen LogP contribution >= 0.6 is 48.0 Å². The van der Waals surface area contributed by atoms with Crippen molar-refractivity contribution in [2.24, 2.45) is 5.73 Å². The van der Waals surface area contributed by atoms with Gasteiger partial charge in [-0.1, -0.05) is 29.3 Å². The molecule has 1 heterocycles. The normalized spacial score (nSPS) is 19.6. The molecule has 1 aromatic carbocycles. The topological polar surface area (TPSA) is 29.3 Å². The first kappa shape index (κ1) is 17.3. The van der Waals surface area contributed by atoms with Crippen molar-refractivity contribution < 1.29 is 0 Å². The van der Waals surface area contributed by atoms with Crippen LogP contribution in [-0.4, -0.2) is 24.0 Å². The molecule has 2 N–H and O–H groups in total. The third kappa shape index (κ3) is 4.82. The molecular formula is C11H16Cl4N2. The van der Waals surface area contributed by atoms with E-state index in [2.05, 4.69) is 4.90 Å². The molecule has 0 radical (unpaired) electrons. The second kappa shape index (κ2) is 7.67. The predicted molar refractivity (Wildman–Crippen MR) is 78.8 cm³/mol. The van der Waals surface area contributed by atoms with E-state index in [0.29, 0.717) is 11.1 Å². The summed E-state index contributed by atoms with van der Waals surface area (Å²) in [4.78, 5) is 2.32. The molecule has 1 aliphatic heterocycles. The Kier molecular flexibility index (Phi) is 7.81. The second-order valence-electron chi connectivity index (χ2n) is 4.02. The molecule has 2 rings (SSSR count). The van der Waals surface area contributed by atoms with Crippen LogP contribution in [0.3, 0.4) is 0 Å². The van der Waals surface area contributed by atoms with E-state index in [9.17, 15) is 0 Å². The lowest BCUT2D eigenvalue weighted by Crippen LogP contribution is -2.26. The zero-order valence-electron chi connectivity index (χ0n) is 9.23. The summed E-state index contributed by atoms with van der Waals surface area (Å²) in [6.45, 7) is 2.88. The Morgan fingerprint density at radius 3 is 2.53 bits per heavy atom. The van der Waals surface area contributed by atoms with E-state index in [1.807, 2.05) is 12.1 Å². The summed E-state index contributed by atoms with van der Waals surface area (Å²) in [7, 11) is 0. The van der Waals surface area contributed by atoms with E-state index < -0.39 is 0 Å². The summed E-state index contributed by atoms with van der Waals surface area (Å²) in [5, 5.41) is 1.42. The maximum atomic E-state index is 6.10. The highest BCUT2D eigenvalue weighted by atomic mass is 35.5. The Morgan fingerprint density at radius 2 is 2.00 bits per heavy atom. The molecule has 0 aliphatic carbocycles. The van der Waals surface area contributed by atoms with E-state index in [-0.39, 0.29) is 24.8 Å². The van der Waals surface area contributed by atoms with Gasteiger partial charge >= 0.3 is 0 Å². The molecule has 2 nitrogen and oxygen atoms in total. The van der Waals surface area contributed by atoms with Crippen molar-refractivity contribution in [2.75, 3.05) is 13.1 Å². The van der Waals surface area contributed by atoms with Crippen molar-refractivity contribution in [3.8, 4) is 0 Å². The number of halogens is 4. The first-order valence-corrected chi connectivity index (χ1v) is 5.82. The van der Waals surface area contributed by atoms with Crippen molar-refractivity contribution in [3.05, 3.63) is 33.8 Å². The van der Waals surface area contributed by atoms with Crippen LogP contribution in [0.2, 0.25) is 10.0 Å². The summed E-state index contributed by atoms with van der Waals surface area (Å²) >= 11 is 11.9. The van der Waals surface area contributed by atoms with Crippen molar-refractivity contribution in [1.29, 1.82) is 0 Å². The fraction of sp³-hybridized carbons (Fsp3) is 0.455. The lowest BCUT2D eigenvalue weighted by molar-refractivity contribution is 0.327. The minimum Gasteiger partial charge on any atom is -0.326 e. The molecule has 1 unspecified atom stereocenters. The van der Waals surface area contributed by atoms with Crippen molar-refractivity contribution in [2.45, 2.75) is 19.0 Å². The average molecular weight is 318 g/mol. The van der Waals surface area contributed by atoms with Crippen LogP contribution in [0.4, 0.5) is 0 Å². The molecule has 0 saturated carbocycles. The van der Waals surface area contributed by atoms with Gasteiger partial charge < -0.3 is 5.73 Å². The highest BCUT2D eigenvalue weighted by Gasteiger charge is 2.19. The molecule has 1 fully saturated rings. The predicted octanol–water partition coefficient (Wildman–Crippen LogP) is 3.37. The number of nitrogens with two attached hydrogens (primary N) is 1. The van der Waals surface area contributed by atoms with E-state index in [1.54, 1.807) is 6.07 Å². The molecule has 98 valence electrons. The van der Waals surface area contributed by atoms with Gasteiger partial charge in [0.15, 0.2) is 0 Å². The lowest BCUT2D eigenvalue weighted by atomic mass is 10.2. The van der Waals surface area contributed by atoms with Gasteiger partial charge in [0.05, 0.1) is 0 Å². The van der Waals surface area contributed by atoms with Crippen LogP contribution in [0.5, 0.6) is 0 Å². The van der Waals surface area contributed by atoms with Crippen molar-refractivity contribution in [3.63, 3.8) is 0 Å². The summed E-state index contributed by atoms with van der Waals surface area (Å²) < 4.78 is 0. The largest absolute Gasteiger partial charge is 0.326 e.